The van der Waals surface area contributed by atoms with E-state index in [0.29, 0.717) is 19.3 Å². The summed E-state index contributed by atoms with van der Waals surface area (Å²) in [6.07, 6.45) is 96.7. The van der Waals surface area contributed by atoms with Gasteiger partial charge in [0.1, 0.15) is 25.4 Å². The molecule has 0 aromatic carbocycles. The Labute approximate surface area is 624 Å². The lowest BCUT2D eigenvalue weighted by Crippen LogP contribution is -2.30. The van der Waals surface area contributed by atoms with Crippen LogP contribution in [0, 0.1) is 0 Å². The first kappa shape index (κ1) is 97.9. The minimum atomic E-state index is -4.95. The number of carbonyl (C=O) groups is 3. The van der Waals surface area contributed by atoms with E-state index in [-0.39, 0.29) is 19.3 Å². The number of aliphatic hydroxyl groups excluding tert-OH is 2. The molecule has 0 aliphatic heterocycles. The summed E-state index contributed by atoms with van der Waals surface area (Å²) in [7, 11) is -9.82. The second-order valence-electron chi connectivity index (χ2n) is 25.7. The molecule has 0 fully saturated rings. The molecule has 0 aromatic rings. The van der Waals surface area contributed by atoms with Crippen LogP contribution in [0.15, 0.2) is 170 Å². The number of hydrogen-bond donors (Lipinski definition) is 4. The fraction of sp³-hybridized carbons (Fsp3) is 0.635. The minimum absolute atomic E-state index is 0.0681. The van der Waals surface area contributed by atoms with E-state index >= 15 is 0 Å². The second-order valence-corrected chi connectivity index (χ2v) is 28.7. The zero-order valence-corrected chi connectivity index (χ0v) is 65.7. The molecule has 0 amide bonds. The normalized spacial score (nSPS) is 14.9. The van der Waals surface area contributed by atoms with E-state index in [1.54, 1.807) is 0 Å². The van der Waals surface area contributed by atoms with Gasteiger partial charge in [-0.1, -0.05) is 287 Å². The van der Waals surface area contributed by atoms with Gasteiger partial charge in [0.2, 0.25) is 0 Å². The maximum Gasteiger partial charge on any atom is 0.472 e. The van der Waals surface area contributed by atoms with E-state index in [4.69, 9.17) is 32.3 Å². The topological polar surface area (TPSA) is 231 Å². The number of ether oxygens (including phenoxy) is 3. The Kier molecular flexibility index (Phi) is 72.8. The van der Waals surface area contributed by atoms with Crippen LogP contribution >= 0.6 is 15.6 Å². The van der Waals surface area contributed by atoms with Crippen molar-refractivity contribution in [1.82, 2.24) is 0 Å². The molecular formula is C85H140O16P2. The van der Waals surface area contributed by atoms with Gasteiger partial charge in [-0.15, -0.1) is 0 Å². The van der Waals surface area contributed by atoms with E-state index in [1.807, 2.05) is 0 Å². The van der Waals surface area contributed by atoms with Crippen LogP contribution in [-0.4, -0.2) is 95.9 Å². The summed E-state index contributed by atoms with van der Waals surface area (Å²) in [6, 6.07) is 0. The van der Waals surface area contributed by atoms with Gasteiger partial charge < -0.3 is 34.2 Å². The number of unbranched alkanes of at least 4 members (excludes halogenated alkanes) is 22. The van der Waals surface area contributed by atoms with Crippen LogP contribution in [0.4, 0.5) is 0 Å². The lowest BCUT2D eigenvalue weighted by atomic mass is 10.1. The number of phosphoric ester groups is 2. The summed E-state index contributed by atoms with van der Waals surface area (Å²) < 4.78 is 61.1. The van der Waals surface area contributed by atoms with Crippen molar-refractivity contribution in [2.45, 2.75) is 309 Å². The van der Waals surface area contributed by atoms with Crippen molar-refractivity contribution in [3.05, 3.63) is 170 Å². The highest BCUT2D eigenvalue weighted by molar-refractivity contribution is 7.47. The van der Waals surface area contributed by atoms with E-state index in [9.17, 15) is 43.5 Å². The fourth-order valence-corrected chi connectivity index (χ4v) is 11.5. The number of rotatable bonds is 73. The molecule has 0 aromatic heterocycles. The molecule has 0 heterocycles. The average molecular weight is 1480 g/mol. The molecule has 0 radical (unpaired) electrons. The minimum Gasteiger partial charge on any atom is -0.463 e. The van der Waals surface area contributed by atoms with Gasteiger partial charge in [-0.25, -0.2) is 9.13 Å². The molecule has 16 nitrogen and oxygen atoms in total. The molecule has 5 unspecified atom stereocenters. The number of aliphatic hydroxyl groups is 2. The van der Waals surface area contributed by atoms with Gasteiger partial charge in [0.05, 0.1) is 26.4 Å². The zero-order chi connectivity index (χ0) is 75.2. The summed E-state index contributed by atoms with van der Waals surface area (Å²) in [6.45, 7) is 2.36. The van der Waals surface area contributed by atoms with Crippen LogP contribution in [0.25, 0.3) is 0 Å². The van der Waals surface area contributed by atoms with E-state index in [2.05, 4.69) is 191 Å². The van der Waals surface area contributed by atoms with Crippen molar-refractivity contribution in [2.24, 2.45) is 0 Å². The maximum absolute atomic E-state index is 13.0. The predicted octanol–water partition coefficient (Wildman–Crippen LogP) is 23.2. The first-order valence-corrected chi connectivity index (χ1v) is 42.4. The SMILES string of the molecule is CC/C=C\C/C=C\C/C=C\C/C=C\C/C=C\C/C=C\CCCCCCCCCCC(=O)OCC(O)COP(=O)(O)OCC(O)COP(=O)(O)OCC(COC(=O)CCCCCCCCC/C=C\C/C=C\C/C=C\C/C=C\CCCCC)OC(=O)CCCCCC/C=C\C/C=C\C/C=C\C/C=C\CC. The Morgan fingerprint density at radius 1 is 0.282 bits per heavy atom. The Morgan fingerprint density at radius 2 is 0.515 bits per heavy atom. The van der Waals surface area contributed by atoms with Crippen molar-refractivity contribution >= 4 is 33.6 Å². The van der Waals surface area contributed by atoms with E-state index in [0.717, 1.165) is 186 Å². The van der Waals surface area contributed by atoms with Crippen molar-refractivity contribution in [1.29, 1.82) is 0 Å². The molecule has 0 spiro atoms. The number of allylic oxidation sites excluding steroid dienone is 28. The molecule has 0 bridgehead atoms. The number of phosphoric acid groups is 2. The van der Waals surface area contributed by atoms with Gasteiger partial charge in [-0.2, -0.15) is 0 Å². The summed E-state index contributed by atoms with van der Waals surface area (Å²) >= 11 is 0. The quantitative estimate of drug-likeness (QED) is 0.0146. The summed E-state index contributed by atoms with van der Waals surface area (Å²) in [4.78, 5) is 58.7. The Bertz CT molecular complexity index is 2550. The molecule has 0 aliphatic carbocycles. The Morgan fingerprint density at radius 3 is 0.816 bits per heavy atom. The highest BCUT2D eigenvalue weighted by Gasteiger charge is 2.29. The second kappa shape index (κ2) is 76.6. The van der Waals surface area contributed by atoms with Gasteiger partial charge in [0, 0.05) is 19.3 Å². The van der Waals surface area contributed by atoms with Crippen molar-refractivity contribution in [2.75, 3.05) is 39.6 Å². The summed E-state index contributed by atoms with van der Waals surface area (Å²) in [5.74, 6) is -1.63. The van der Waals surface area contributed by atoms with Gasteiger partial charge in [0.15, 0.2) is 6.10 Å². The smallest absolute Gasteiger partial charge is 0.463 e. The first-order valence-electron chi connectivity index (χ1n) is 39.4. The fourth-order valence-electron chi connectivity index (χ4n) is 9.96. The van der Waals surface area contributed by atoms with Crippen molar-refractivity contribution < 1.29 is 75.8 Å². The molecular weight excluding hydrogens is 1340 g/mol. The Balaban J connectivity index is 4.66. The number of hydrogen-bond acceptors (Lipinski definition) is 14. The molecule has 0 rings (SSSR count). The monoisotopic (exact) mass is 1480 g/mol. The lowest BCUT2D eigenvalue weighted by Gasteiger charge is -2.21. The Hall–Kier alpha value is -5.09. The van der Waals surface area contributed by atoms with Crippen LogP contribution in [0.1, 0.15) is 290 Å². The van der Waals surface area contributed by atoms with Gasteiger partial charge in [0.25, 0.3) is 0 Å². The van der Waals surface area contributed by atoms with Crippen molar-refractivity contribution in [3.63, 3.8) is 0 Å². The summed E-state index contributed by atoms with van der Waals surface area (Å²) in [5.41, 5.74) is 0. The molecule has 0 aliphatic rings. The van der Waals surface area contributed by atoms with Gasteiger partial charge >= 0.3 is 33.6 Å². The highest BCUT2D eigenvalue weighted by Crippen LogP contribution is 2.45. The van der Waals surface area contributed by atoms with Crippen LogP contribution in [0.2, 0.25) is 0 Å². The van der Waals surface area contributed by atoms with Crippen molar-refractivity contribution in [3.8, 4) is 0 Å². The van der Waals surface area contributed by atoms with Crippen LogP contribution < -0.4 is 0 Å². The third-order valence-electron chi connectivity index (χ3n) is 15.9. The van der Waals surface area contributed by atoms with E-state index in [1.165, 1.54) is 44.9 Å². The van der Waals surface area contributed by atoms with Crippen LogP contribution in [0.5, 0.6) is 0 Å². The molecule has 0 saturated carbocycles. The van der Waals surface area contributed by atoms with E-state index < -0.39 is 91.5 Å². The number of esters is 3. The molecule has 103 heavy (non-hydrogen) atoms. The maximum atomic E-state index is 13.0. The molecule has 0 saturated heterocycles. The van der Waals surface area contributed by atoms with Gasteiger partial charge in [-0.05, 0) is 154 Å². The third kappa shape index (κ3) is 77.8. The summed E-state index contributed by atoms with van der Waals surface area (Å²) in [5, 5.41) is 20.6. The highest BCUT2D eigenvalue weighted by atomic mass is 31.2. The van der Waals surface area contributed by atoms with Crippen LogP contribution in [-0.2, 0) is 55.8 Å². The molecule has 586 valence electrons. The third-order valence-corrected chi connectivity index (χ3v) is 17.8. The van der Waals surface area contributed by atoms with Gasteiger partial charge in [-0.3, -0.25) is 32.5 Å². The molecule has 5 atom stereocenters. The lowest BCUT2D eigenvalue weighted by molar-refractivity contribution is -0.161. The molecule has 4 N–H and O–H groups in total. The largest absolute Gasteiger partial charge is 0.472 e. The van der Waals surface area contributed by atoms with Crippen LogP contribution in [0.3, 0.4) is 0 Å². The molecule has 18 heteroatoms. The average Bonchev–Trinajstić information content (AvgIpc) is 0.929. The zero-order valence-electron chi connectivity index (χ0n) is 63.9. The predicted molar refractivity (Wildman–Crippen MR) is 426 cm³/mol. The number of carbonyl (C=O) groups excluding carboxylic acids is 3. The first-order chi connectivity index (χ1) is 50.2. The standard InChI is InChI=1S/C85H140O16P2/c1-4-7-10-13-16-19-22-25-28-31-33-35-37-38-39-40-42-44-45-48-50-53-56-59-62-65-68-71-83(88)95-74-80(86)75-97-102(91,92)98-76-81(87)77-99-103(93,94)100-79-82(101-85(90)73-70-67-64-61-58-55-52-47-30-27-24-21-18-15-12-9-6-3)78-96-84(89)72-69-66-63-60-57-54-51-49-46-43-41-36-34-32-29-26-23-20-17-14-11-8-5-2/h7,9-10,12,16-21,25-30,33-36,38-39,42-44,46,52,55,80-82,86-87H,4-6,8,11,13-15,22-24,31-32,37,40-41,45,47-51,53-54,56-79H2,1-3H3,(H,91,92)(H,93,94)/b10-7-,12-9-,19-16-,20-17-,21-18-,28-25-,29-26-,30-27-,35-33-,36-34-,39-38-,44-42-,46-43-,55-52-.